The molecule has 1 amide bonds. The molecule has 0 radical (unpaired) electrons. The fourth-order valence-electron chi connectivity index (χ4n) is 3.43. The Morgan fingerprint density at radius 3 is 2.11 bits per heavy atom. The average molecular weight is 501 g/mol. The number of rotatable bonds is 8. The monoisotopic (exact) mass is 500 g/mol. The Morgan fingerprint density at radius 2 is 1.58 bits per heavy atom. The molecule has 0 fully saturated rings. The van der Waals surface area contributed by atoms with Crippen molar-refractivity contribution in [3.63, 3.8) is 0 Å². The number of aliphatic carboxylic acids is 1. The Kier molecular flexibility index (Phi) is 7.71. The molecular formula is C27H27F3N2O4. The number of pyridine rings is 1. The van der Waals surface area contributed by atoms with Gasteiger partial charge >= 0.3 is 12.1 Å². The van der Waals surface area contributed by atoms with Crippen LogP contribution in [-0.4, -0.2) is 39.5 Å². The van der Waals surface area contributed by atoms with Gasteiger partial charge in [0.1, 0.15) is 5.75 Å². The lowest BCUT2D eigenvalue weighted by atomic mass is 10.0. The fourth-order valence-corrected chi connectivity index (χ4v) is 3.43. The van der Waals surface area contributed by atoms with Crippen LogP contribution in [0.3, 0.4) is 0 Å². The Morgan fingerprint density at radius 1 is 0.972 bits per heavy atom. The number of benzene rings is 2. The number of alkyl halides is 3. The highest BCUT2D eigenvalue weighted by Gasteiger charge is 2.30. The van der Waals surface area contributed by atoms with Gasteiger partial charge in [-0.2, -0.15) is 13.2 Å². The maximum Gasteiger partial charge on any atom is 0.416 e. The van der Waals surface area contributed by atoms with E-state index in [0.717, 1.165) is 23.3 Å². The maximum atomic E-state index is 12.8. The van der Waals surface area contributed by atoms with Crippen LogP contribution in [0.2, 0.25) is 0 Å². The Bertz CT molecular complexity index is 1240. The first-order chi connectivity index (χ1) is 16.8. The lowest BCUT2D eigenvalue weighted by Crippen LogP contribution is -2.37. The van der Waals surface area contributed by atoms with E-state index < -0.39 is 23.3 Å². The Balaban J connectivity index is 1.62. The van der Waals surface area contributed by atoms with Crippen LogP contribution in [0, 0.1) is 6.92 Å². The number of halogens is 3. The number of hydrogen-bond donors (Lipinski definition) is 1. The first-order valence-electron chi connectivity index (χ1n) is 11.2. The molecule has 0 unspecified atom stereocenters. The molecule has 1 heterocycles. The number of carbonyl (C=O) groups excluding carboxylic acids is 1. The van der Waals surface area contributed by atoms with Crippen LogP contribution in [0.15, 0.2) is 60.7 Å². The van der Waals surface area contributed by atoms with Crippen LogP contribution in [0.1, 0.15) is 36.2 Å². The molecule has 1 N–H and O–H groups in total. The molecule has 3 rings (SSSR count). The van der Waals surface area contributed by atoms with Crippen molar-refractivity contribution >= 4 is 11.9 Å². The number of carboxylic acid groups (broad SMARTS) is 1. The van der Waals surface area contributed by atoms with E-state index >= 15 is 0 Å². The molecule has 6 nitrogen and oxygen atoms in total. The number of ether oxygens (including phenoxy) is 1. The van der Waals surface area contributed by atoms with Crippen LogP contribution in [-0.2, 0) is 28.7 Å². The van der Waals surface area contributed by atoms with Crippen molar-refractivity contribution in [3.05, 3.63) is 83.0 Å². The predicted molar refractivity (Wildman–Crippen MR) is 128 cm³/mol. The second-order valence-electron chi connectivity index (χ2n) is 9.00. The van der Waals surface area contributed by atoms with Crippen molar-refractivity contribution in [1.29, 1.82) is 0 Å². The van der Waals surface area contributed by atoms with E-state index in [4.69, 9.17) is 4.74 Å². The van der Waals surface area contributed by atoms with E-state index in [1.165, 1.54) is 26.0 Å². The van der Waals surface area contributed by atoms with Gasteiger partial charge in [0.2, 0.25) is 5.91 Å². The molecule has 0 saturated heterocycles. The zero-order valence-corrected chi connectivity index (χ0v) is 20.4. The number of nitrogens with zero attached hydrogens (tertiary/aromatic N) is 2. The predicted octanol–water partition coefficient (Wildman–Crippen LogP) is 5.52. The number of aromatic nitrogens is 1. The zero-order chi connectivity index (χ0) is 26.7. The van der Waals surface area contributed by atoms with Gasteiger partial charge in [0, 0.05) is 24.8 Å². The third-order valence-electron chi connectivity index (χ3n) is 5.70. The molecular weight excluding hydrogens is 473 g/mol. The highest BCUT2D eigenvalue weighted by atomic mass is 19.4. The van der Waals surface area contributed by atoms with Crippen LogP contribution >= 0.6 is 0 Å². The highest BCUT2D eigenvalue weighted by molar-refractivity contribution is 5.79. The number of amides is 1. The molecule has 1 aromatic heterocycles. The van der Waals surface area contributed by atoms with E-state index in [9.17, 15) is 27.9 Å². The maximum absolute atomic E-state index is 12.8. The molecule has 190 valence electrons. The van der Waals surface area contributed by atoms with E-state index in [1.807, 2.05) is 0 Å². The summed E-state index contributed by atoms with van der Waals surface area (Å²) in [6.45, 7) is 5.02. The van der Waals surface area contributed by atoms with Gasteiger partial charge in [-0.15, -0.1) is 0 Å². The summed E-state index contributed by atoms with van der Waals surface area (Å²) in [5.41, 5.74) is 1.19. The van der Waals surface area contributed by atoms with Crippen molar-refractivity contribution in [1.82, 2.24) is 9.88 Å². The highest BCUT2D eigenvalue weighted by Crippen LogP contribution is 2.31. The number of carbonyl (C=O) groups is 2. The smallest absolute Gasteiger partial charge is 0.416 e. The molecule has 2 aromatic carbocycles. The van der Waals surface area contributed by atoms with Gasteiger partial charge in [0.25, 0.3) is 0 Å². The van der Waals surface area contributed by atoms with Crippen LogP contribution in [0.25, 0.3) is 11.3 Å². The van der Waals surface area contributed by atoms with Crippen LogP contribution in [0.4, 0.5) is 13.2 Å². The van der Waals surface area contributed by atoms with Gasteiger partial charge in [0.15, 0.2) is 5.60 Å². The van der Waals surface area contributed by atoms with Crippen LogP contribution in [0.5, 0.6) is 5.75 Å². The van der Waals surface area contributed by atoms with E-state index in [0.29, 0.717) is 29.2 Å². The normalized spacial score (nSPS) is 11.8. The first-order valence-corrected chi connectivity index (χ1v) is 11.2. The lowest BCUT2D eigenvalue weighted by molar-refractivity contribution is -0.152. The molecule has 0 bridgehead atoms. The summed E-state index contributed by atoms with van der Waals surface area (Å²) in [5.74, 6) is -0.793. The van der Waals surface area contributed by atoms with Crippen molar-refractivity contribution < 1.29 is 32.6 Å². The molecule has 9 heteroatoms. The van der Waals surface area contributed by atoms with Gasteiger partial charge in [0.05, 0.1) is 17.7 Å². The first kappa shape index (κ1) is 26.7. The summed E-state index contributed by atoms with van der Waals surface area (Å²) in [6.07, 6.45) is -4.28. The SMILES string of the molecule is Cc1nc(-c2ccc(C(F)(F)F)cc2)ccc1CC(=O)N(C)Cc1ccc(OC(C)(C)C(=O)O)cc1. The second-order valence-corrected chi connectivity index (χ2v) is 9.00. The molecule has 36 heavy (non-hydrogen) atoms. The third-order valence-corrected chi connectivity index (χ3v) is 5.70. The molecule has 0 saturated carbocycles. The standard InChI is InChI=1S/C27H27F3N2O4/c1-17-20(9-14-23(31-17)19-7-10-21(11-8-19)27(28,29)30)15-24(33)32(4)16-18-5-12-22(13-6-18)36-26(2,3)25(34)35/h5-14H,15-16H2,1-4H3,(H,34,35). The minimum Gasteiger partial charge on any atom is -0.478 e. The second kappa shape index (κ2) is 10.4. The van der Waals surface area contributed by atoms with Gasteiger partial charge in [-0.1, -0.05) is 30.3 Å². The third kappa shape index (κ3) is 6.62. The van der Waals surface area contributed by atoms with Crippen molar-refractivity contribution in [2.75, 3.05) is 7.05 Å². The van der Waals surface area contributed by atoms with Crippen molar-refractivity contribution in [3.8, 4) is 17.0 Å². The van der Waals surface area contributed by atoms with E-state index in [1.54, 1.807) is 55.3 Å². The van der Waals surface area contributed by atoms with E-state index in [2.05, 4.69) is 4.98 Å². The summed E-state index contributed by atoms with van der Waals surface area (Å²) in [4.78, 5) is 30.0. The fraction of sp³-hybridized carbons (Fsp3) is 0.296. The lowest BCUT2D eigenvalue weighted by Gasteiger charge is -2.22. The molecule has 0 aliphatic heterocycles. The van der Waals surface area contributed by atoms with Gasteiger partial charge in [-0.3, -0.25) is 9.78 Å². The quantitative estimate of drug-likeness (QED) is 0.441. The topological polar surface area (TPSA) is 79.7 Å². The van der Waals surface area contributed by atoms with E-state index in [-0.39, 0.29) is 12.3 Å². The minimum absolute atomic E-state index is 0.122. The zero-order valence-electron chi connectivity index (χ0n) is 20.4. The summed E-state index contributed by atoms with van der Waals surface area (Å²) in [6, 6.07) is 15.1. The number of aryl methyl sites for hydroxylation is 1. The number of likely N-dealkylation sites (N-methyl/N-ethyl adjacent to an activating group) is 1. The van der Waals surface area contributed by atoms with Crippen LogP contribution < -0.4 is 4.74 Å². The molecule has 0 spiro atoms. The summed E-state index contributed by atoms with van der Waals surface area (Å²) in [7, 11) is 1.68. The largest absolute Gasteiger partial charge is 0.478 e. The summed E-state index contributed by atoms with van der Waals surface area (Å²) < 4.78 is 43.9. The molecule has 0 atom stereocenters. The molecule has 3 aromatic rings. The summed E-state index contributed by atoms with van der Waals surface area (Å²) >= 11 is 0. The minimum atomic E-state index is -4.40. The Hall–Kier alpha value is -3.88. The van der Waals surface area contributed by atoms with Gasteiger partial charge < -0.3 is 14.7 Å². The van der Waals surface area contributed by atoms with Gasteiger partial charge in [-0.05, 0) is 62.2 Å². The number of hydrogen-bond acceptors (Lipinski definition) is 4. The van der Waals surface area contributed by atoms with Crippen molar-refractivity contribution in [2.45, 2.75) is 45.5 Å². The van der Waals surface area contributed by atoms with Gasteiger partial charge in [-0.25, -0.2) is 4.79 Å². The Labute approximate surface area is 207 Å². The molecule has 0 aliphatic carbocycles. The average Bonchev–Trinajstić information content (AvgIpc) is 2.80. The number of carboxylic acids is 1. The summed E-state index contributed by atoms with van der Waals surface area (Å²) in [5, 5.41) is 9.18. The van der Waals surface area contributed by atoms with Crippen molar-refractivity contribution in [2.24, 2.45) is 0 Å². The molecule has 0 aliphatic rings.